The molecular formula is C16H33IN4OS. The van der Waals surface area contributed by atoms with Gasteiger partial charge in [-0.2, -0.15) is 11.8 Å². The first-order chi connectivity index (χ1) is 10.6. The van der Waals surface area contributed by atoms with Gasteiger partial charge in [0.1, 0.15) is 0 Å². The lowest BCUT2D eigenvalue weighted by Gasteiger charge is -2.33. The number of rotatable bonds is 6. The molecule has 2 saturated heterocycles. The summed E-state index contributed by atoms with van der Waals surface area (Å²) in [6, 6.07) is 0.499. The predicted octanol–water partition coefficient (Wildman–Crippen LogP) is 1.90. The zero-order valence-electron chi connectivity index (χ0n) is 14.5. The average molecular weight is 456 g/mol. The number of thioether (sulfide) groups is 1. The maximum absolute atomic E-state index is 10.4. The van der Waals surface area contributed by atoms with Crippen molar-refractivity contribution in [1.82, 2.24) is 15.5 Å². The summed E-state index contributed by atoms with van der Waals surface area (Å²) >= 11 is 1.82. The van der Waals surface area contributed by atoms with Gasteiger partial charge in [-0.25, -0.2) is 0 Å². The van der Waals surface area contributed by atoms with Crippen molar-refractivity contribution < 1.29 is 5.11 Å². The van der Waals surface area contributed by atoms with Crippen LogP contribution < -0.4 is 10.6 Å². The third-order valence-corrected chi connectivity index (χ3v) is 5.66. The maximum Gasteiger partial charge on any atom is 0.191 e. The molecule has 2 aliphatic heterocycles. The summed E-state index contributed by atoms with van der Waals surface area (Å²) in [5.41, 5.74) is -0.600. The lowest BCUT2D eigenvalue weighted by atomic mass is 10.0. The zero-order valence-corrected chi connectivity index (χ0v) is 17.7. The minimum atomic E-state index is -0.600. The van der Waals surface area contributed by atoms with Crippen LogP contribution in [0.15, 0.2) is 4.99 Å². The first-order valence-electron chi connectivity index (χ1n) is 8.72. The number of aliphatic hydroxyl groups is 1. The molecule has 23 heavy (non-hydrogen) atoms. The van der Waals surface area contributed by atoms with Crippen molar-refractivity contribution in [3.63, 3.8) is 0 Å². The highest BCUT2D eigenvalue weighted by atomic mass is 127. The molecule has 0 aromatic heterocycles. The molecule has 0 radical (unpaired) electrons. The highest BCUT2D eigenvalue weighted by Crippen LogP contribution is 2.27. The fraction of sp³-hybridized carbons (Fsp3) is 0.938. The van der Waals surface area contributed by atoms with Gasteiger partial charge in [0, 0.05) is 31.4 Å². The Labute approximate surface area is 162 Å². The molecule has 0 spiro atoms. The SMILES string of the molecule is CCCN1CCC(NC(=NCC2(O)CCSC2)NCC)CC1.I. The van der Waals surface area contributed by atoms with Gasteiger partial charge in [0.05, 0.1) is 12.1 Å². The van der Waals surface area contributed by atoms with Crippen LogP contribution >= 0.6 is 35.7 Å². The van der Waals surface area contributed by atoms with Gasteiger partial charge in [-0.05, 0) is 44.9 Å². The predicted molar refractivity (Wildman–Crippen MR) is 111 cm³/mol. The van der Waals surface area contributed by atoms with Gasteiger partial charge in [-0.15, -0.1) is 24.0 Å². The number of likely N-dealkylation sites (tertiary alicyclic amines) is 1. The minimum absolute atomic E-state index is 0. The van der Waals surface area contributed by atoms with E-state index in [1.807, 2.05) is 11.8 Å². The topological polar surface area (TPSA) is 59.9 Å². The molecule has 5 nitrogen and oxygen atoms in total. The van der Waals surface area contributed by atoms with Crippen LogP contribution in [0.5, 0.6) is 0 Å². The summed E-state index contributed by atoms with van der Waals surface area (Å²) in [5.74, 6) is 2.72. The molecule has 2 heterocycles. The van der Waals surface area contributed by atoms with Gasteiger partial charge in [-0.3, -0.25) is 4.99 Å². The van der Waals surface area contributed by atoms with Gasteiger partial charge >= 0.3 is 0 Å². The third kappa shape index (κ3) is 7.36. The van der Waals surface area contributed by atoms with Crippen LogP contribution in [0.1, 0.15) is 39.5 Å². The van der Waals surface area contributed by atoms with Crippen LogP contribution in [0.3, 0.4) is 0 Å². The number of hydrogen-bond donors (Lipinski definition) is 3. The Morgan fingerprint density at radius 2 is 2.09 bits per heavy atom. The average Bonchev–Trinajstić information content (AvgIpc) is 2.95. The number of aliphatic imine (C=N–C) groups is 1. The van der Waals surface area contributed by atoms with Crippen molar-refractivity contribution >= 4 is 41.7 Å². The van der Waals surface area contributed by atoms with Gasteiger partial charge in [0.2, 0.25) is 0 Å². The van der Waals surface area contributed by atoms with Crippen LogP contribution in [0.2, 0.25) is 0 Å². The van der Waals surface area contributed by atoms with E-state index in [0.717, 1.165) is 30.4 Å². The second-order valence-corrected chi connectivity index (χ2v) is 7.59. The summed E-state index contributed by atoms with van der Waals surface area (Å²) in [5, 5.41) is 17.3. The molecule has 0 saturated carbocycles. The quantitative estimate of drug-likeness (QED) is 0.324. The van der Waals surface area contributed by atoms with E-state index in [1.165, 1.54) is 38.9 Å². The summed E-state index contributed by atoms with van der Waals surface area (Å²) in [6.45, 7) is 9.24. The van der Waals surface area contributed by atoms with E-state index < -0.39 is 5.60 Å². The van der Waals surface area contributed by atoms with E-state index in [9.17, 15) is 5.11 Å². The van der Waals surface area contributed by atoms with Crippen LogP contribution in [-0.2, 0) is 0 Å². The van der Waals surface area contributed by atoms with E-state index in [0.29, 0.717) is 12.6 Å². The molecule has 0 aliphatic carbocycles. The van der Waals surface area contributed by atoms with E-state index in [2.05, 4.69) is 34.4 Å². The minimum Gasteiger partial charge on any atom is -0.387 e. The summed E-state index contributed by atoms with van der Waals surface area (Å²) < 4.78 is 0. The molecule has 0 amide bonds. The molecule has 0 bridgehead atoms. The number of piperidine rings is 1. The molecule has 1 unspecified atom stereocenters. The standard InChI is InChI=1S/C16H32N4OS.HI/c1-3-8-20-9-5-14(6-10-20)19-15(17-4-2)18-12-16(21)7-11-22-13-16;/h14,21H,3-13H2,1-2H3,(H2,17,18,19);1H. The Balaban J connectivity index is 0.00000264. The molecule has 3 N–H and O–H groups in total. The molecular weight excluding hydrogens is 423 g/mol. The fourth-order valence-corrected chi connectivity index (χ4v) is 4.36. The smallest absolute Gasteiger partial charge is 0.191 e. The Kier molecular flexibility index (Phi) is 10.2. The molecule has 136 valence electrons. The van der Waals surface area contributed by atoms with E-state index in [4.69, 9.17) is 0 Å². The molecule has 1 atom stereocenters. The van der Waals surface area contributed by atoms with Crippen molar-refractivity contribution in [2.45, 2.75) is 51.2 Å². The third-order valence-electron chi connectivity index (χ3n) is 4.43. The van der Waals surface area contributed by atoms with Crippen molar-refractivity contribution in [2.75, 3.05) is 44.2 Å². The van der Waals surface area contributed by atoms with Crippen LogP contribution in [-0.4, -0.2) is 71.8 Å². The number of hydrogen-bond acceptors (Lipinski definition) is 4. The lowest BCUT2D eigenvalue weighted by molar-refractivity contribution is 0.0778. The largest absolute Gasteiger partial charge is 0.387 e. The first kappa shape index (κ1) is 21.3. The molecule has 2 aliphatic rings. The van der Waals surface area contributed by atoms with E-state index in [1.54, 1.807) is 0 Å². The molecule has 0 aromatic rings. The molecule has 2 rings (SSSR count). The summed E-state index contributed by atoms with van der Waals surface area (Å²) in [6.07, 6.45) is 4.43. The number of nitrogens with one attached hydrogen (secondary N) is 2. The van der Waals surface area contributed by atoms with Gasteiger partial charge in [-0.1, -0.05) is 6.92 Å². The van der Waals surface area contributed by atoms with Gasteiger partial charge < -0.3 is 20.6 Å². The second-order valence-electron chi connectivity index (χ2n) is 6.48. The number of guanidine groups is 1. The zero-order chi connectivity index (χ0) is 15.8. The summed E-state index contributed by atoms with van der Waals surface area (Å²) in [7, 11) is 0. The molecule has 2 fully saturated rings. The van der Waals surface area contributed by atoms with Gasteiger partial charge in [0.25, 0.3) is 0 Å². The highest BCUT2D eigenvalue weighted by molar-refractivity contribution is 14.0. The van der Waals surface area contributed by atoms with Crippen molar-refractivity contribution in [1.29, 1.82) is 0 Å². The monoisotopic (exact) mass is 456 g/mol. The highest BCUT2D eigenvalue weighted by Gasteiger charge is 2.31. The second kappa shape index (κ2) is 11.0. The van der Waals surface area contributed by atoms with E-state index >= 15 is 0 Å². The number of nitrogens with zero attached hydrogens (tertiary/aromatic N) is 2. The normalized spacial score (nSPS) is 26.8. The van der Waals surface area contributed by atoms with Crippen LogP contribution in [0, 0.1) is 0 Å². The Hall–Kier alpha value is 0.270. The maximum atomic E-state index is 10.4. The Bertz CT molecular complexity index is 356. The first-order valence-corrected chi connectivity index (χ1v) is 9.88. The molecule has 7 heteroatoms. The van der Waals surface area contributed by atoms with E-state index in [-0.39, 0.29) is 24.0 Å². The Morgan fingerprint density at radius 3 is 2.65 bits per heavy atom. The Morgan fingerprint density at radius 1 is 1.35 bits per heavy atom. The van der Waals surface area contributed by atoms with Crippen molar-refractivity contribution in [2.24, 2.45) is 4.99 Å². The van der Waals surface area contributed by atoms with Crippen molar-refractivity contribution in [3.8, 4) is 0 Å². The van der Waals surface area contributed by atoms with Crippen molar-refractivity contribution in [3.05, 3.63) is 0 Å². The summed E-state index contributed by atoms with van der Waals surface area (Å²) in [4.78, 5) is 7.18. The van der Waals surface area contributed by atoms with Gasteiger partial charge in [0.15, 0.2) is 5.96 Å². The fourth-order valence-electron chi connectivity index (χ4n) is 3.08. The van der Waals surface area contributed by atoms with Crippen LogP contribution in [0.25, 0.3) is 0 Å². The molecule has 0 aromatic carbocycles. The number of halogens is 1. The lowest BCUT2D eigenvalue weighted by Crippen LogP contribution is -2.49. The van der Waals surface area contributed by atoms with Crippen LogP contribution in [0.4, 0.5) is 0 Å².